The zero-order valence-corrected chi connectivity index (χ0v) is 9.98. The third-order valence-electron chi connectivity index (χ3n) is 2.54. The Morgan fingerprint density at radius 3 is 3.07 bits per heavy atom. The Labute approximate surface area is 93.8 Å². The van der Waals surface area contributed by atoms with Gasteiger partial charge in [-0.1, -0.05) is 0 Å². The molecule has 0 saturated carbocycles. The standard InChI is InChI=1S/C9H14N2O2S2/c10-3-6-15(12,13)11-4-1-9-8(7-11)2-5-14-9/h2,5H,1,3-4,6-7,10H2. The van der Waals surface area contributed by atoms with Crippen LogP contribution >= 0.6 is 11.3 Å². The molecule has 0 aromatic carbocycles. The highest BCUT2D eigenvalue weighted by Crippen LogP contribution is 2.25. The predicted molar refractivity (Wildman–Crippen MR) is 61.3 cm³/mol. The summed E-state index contributed by atoms with van der Waals surface area (Å²) in [5.74, 6) is 0.0481. The summed E-state index contributed by atoms with van der Waals surface area (Å²) in [4.78, 5) is 1.31. The molecule has 1 aliphatic heterocycles. The van der Waals surface area contributed by atoms with Crippen LogP contribution in [0.5, 0.6) is 0 Å². The number of nitrogens with two attached hydrogens (primary N) is 1. The average Bonchev–Trinajstić information content (AvgIpc) is 2.63. The van der Waals surface area contributed by atoms with E-state index in [4.69, 9.17) is 5.73 Å². The van der Waals surface area contributed by atoms with Crippen molar-refractivity contribution < 1.29 is 8.42 Å². The topological polar surface area (TPSA) is 63.4 Å². The SMILES string of the molecule is NCCS(=O)(=O)N1CCc2sccc2C1. The molecule has 2 N–H and O–H groups in total. The molecule has 0 bridgehead atoms. The van der Waals surface area contributed by atoms with Crippen LogP contribution in [0.4, 0.5) is 0 Å². The zero-order valence-electron chi connectivity index (χ0n) is 8.35. The summed E-state index contributed by atoms with van der Waals surface area (Å²) in [6, 6.07) is 2.00. The molecular weight excluding hydrogens is 232 g/mol. The monoisotopic (exact) mass is 246 g/mol. The van der Waals surface area contributed by atoms with Gasteiger partial charge < -0.3 is 5.73 Å². The van der Waals surface area contributed by atoms with Crippen LogP contribution in [0, 0.1) is 0 Å². The van der Waals surface area contributed by atoms with E-state index in [1.165, 1.54) is 9.18 Å². The first kappa shape index (κ1) is 11.1. The van der Waals surface area contributed by atoms with Gasteiger partial charge >= 0.3 is 0 Å². The van der Waals surface area contributed by atoms with Crippen molar-refractivity contribution in [2.24, 2.45) is 5.73 Å². The molecule has 1 aromatic heterocycles. The minimum Gasteiger partial charge on any atom is -0.329 e. The van der Waals surface area contributed by atoms with Gasteiger partial charge in [-0.25, -0.2) is 8.42 Å². The second-order valence-electron chi connectivity index (χ2n) is 3.56. The van der Waals surface area contributed by atoms with Crippen molar-refractivity contribution >= 4 is 21.4 Å². The largest absolute Gasteiger partial charge is 0.329 e. The third kappa shape index (κ3) is 2.23. The first-order valence-corrected chi connectivity index (χ1v) is 7.35. The Kier molecular flexibility index (Phi) is 3.11. The van der Waals surface area contributed by atoms with Crippen molar-refractivity contribution in [3.63, 3.8) is 0 Å². The Hall–Kier alpha value is -0.430. The molecule has 0 amide bonds. The van der Waals surface area contributed by atoms with Crippen LogP contribution in [0.15, 0.2) is 11.4 Å². The minimum atomic E-state index is -3.14. The van der Waals surface area contributed by atoms with E-state index < -0.39 is 10.0 Å². The summed E-state index contributed by atoms with van der Waals surface area (Å²) in [6.45, 7) is 1.30. The second kappa shape index (κ2) is 4.21. The van der Waals surface area contributed by atoms with Gasteiger partial charge in [0, 0.05) is 24.5 Å². The third-order valence-corrected chi connectivity index (χ3v) is 5.41. The molecule has 0 spiro atoms. The van der Waals surface area contributed by atoms with Crippen molar-refractivity contribution in [1.29, 1.82) is 0 Å². The number of sulfonamides is 1. The van der Waals surface area contributed by atoms with Crippen molar-refractivity contribution in [1.82, 2.24) is 4.31 Å². The molecule has 0 atom stereocenters. The van der Waals surface area contributed by atoms with E-state index >= 15 is 0 Å². The van der Waals surface area contributed by atoms with Crippen LogP contribution in [0.3, 0.4) is 0 Å². The molecule has 15 heavy (non-hydrogen) atoms. The lowest BCUT2D eigenvalue weighted by Crippen LogP contribution is -2.38. The van der Waals surface area contributed by atoms with Gasteiger partial charge in [0.15, 0.2) is 0 Å². The number of hydrogen-bond acceptors (Lipinski definition) is 4. The van der Waals surface area contributed by atoms with Crippen LogP contribution in [-0.2, 0) is 23.0 Å². The van der Waals surface area contributed by atoms with Crippen molar-refractivity contribution in [3.8, 4) is 0 Å². The highest BCUT2D eigenvalue weighted by atomic mass is 32.2. The molecule has 2 heterocycles. The predicted octanol–water partition coefficient (Wildman–Crippen LogP) is 0.395. The van der Waals surface area contributed by atoms with Crippen molar-refractivity contribution in [2.75, 3.05) is 18.8 Å². The summed E-state index contributed by atoms with van der Waals surface area (Å²) in [6.07, 6.45) is 0.830. The lowest BCUT2D eigenvalue weighted by Gasteiger charge is -2.25. The number of fused-ring (bicyclic) bond motifs is 1. The fraction of sp³-hybridized carbons (Fsp3) is 0.556. The molecule has 0 aliphatic carbocycles. The maximum absolute atomic E-state index is 11.8. The van der Waals surface area contributed by atoms with Crippen LogP contribution in [0.1, 0.15) is 10.4 Å². The zero-order chi connectivity index (χ0) is 10.9. The van der Waals surface area contributed by atoms with Gasteiger partial charge in [0.25, 0.3) is 0 Å². The molecule has 0 saturated heterocycles. The molecule has 84 valence electrons. The first-order chi connectivity index (χ1) is 7.13. The molecule has 4 nitrogen and oxygen atoms in total. The Bertz CT molecular complexity index is 439. The summed E-state index contributed by atoms with van der Waals surface area (Å²) in [5.41, 5.74) is 6.44. The van der Waals surface area contributed by atoms with E-state index in [-0.39, 0.29) is 12.3 Å². The molecule has 0 unspecified atom stereocenters. The van der Waals surface area contributed by atoms with Crippen LogP contribution < -0.4 is 5.73 Å². The molecule has 1 aromatic rings. The van der Waals surface area contributed by atoms with E-state index in [1.54, 1.807) is 11.3 Å². The van der Waals surface area contributed by atoms with Crippen LogP contribution in [-0.4, -0.2) is 31.6 Å². The van der Waals surface area contributed by atoms with Gasteiger partial charge in [-0.05, 0) is 23.4 Å². The van der Waals surface area contributed by atoms with Crippen molar-refractivity contribution in [2.45, 2.75) is 13.0 Å². The first-order valence-electron chi connectivity index (χ1n) is 4.86. The van der Waals surface area contributed by atoms with Gasteiger partial charge in [0.2, 0.25) is 10.0 Å². The van der Waals surface area contributed by atoms with Gasteiger partial charge in [0.1, 0.15) is 0 Å². The highest BCUT2D eigenvalue weighted by Gasteiger charge is 2.26. The van der Waals surface area contributed by atoms with Gasteiger partial charge in [-0.3, -0.25) is 0 Å². The summed E-state index contributed by atoms with van der Waals surface area (Å²) < 4.78 is 25.1. The molecule has 2 rings (SSSR count). The quantitative estimate of drug-likeness (QED) is 0.839. The number of nitrogens with zero attached hydrogens (tertiary/aromatic N) is 1. The van der Waals surface area contributed by atoms with E-state index in [1.807, 2.05) is 11.4 Å². The molecule has 6 heteroatoms. The Morgan fingerprint density at radius 2 is 2.33 bits per heavy atom. The van der Waals surface area contributed by atoms with Crippen molar-refractivity contribution in [3.05, 3.63) is 21.9 Å². The maximum atomic E-state index is 11.8. The van der Waals surface area contributed by atoms with Crippen LogP contribution in [0.25, 0.3) is 0 Å². The van der Waals surface area contributed by atoms with E-state index in [9.17, 15) is 8.42 Å². The van der Waals surface area contributed by atoms with Gasteiger partial charge in [0.05, 0.1) is 5.75 Å². The summed E-state index contributed by atoms with van der Waals surface area (Å²) in [7, 11) is -3.14. The Balaban J connectivity index is 2.16. The Morgan fingerprint density at radius 1 is 1.53 bits per heavy atom. The van der Waals surface area contributed by atoms with E-state index in [0.29, 0.717) is 13.1 Å². The van der Waals surface area contributed by atoms with Gasteiger partial charge in [-0.15, -0.1) is 11.3 Å². The number of rotatable bonds is 3. The highest BCUT2D eigenvalue weighted by molar-refractivity contribution is 7.89. The molecular formula is C9H14N2O2S2. The summed E-state index contributed by atoms with van der Waals surface area (Å²) in [5, 5.41) is 2.02. The lowest BCUT2D eigenvalue weighted by molar-refractivity contribution is 0.394. The average molecular weight is 246 g/mol. The number of thiophene rings is 1. The van der Waals surface area contributed by atoms with E-state index in [0.717, 1.165) is 12.0 Å². The molecule has 1 aliphatic rings. The summed E-state index contributed by atoms with van der Waals surface area (Å²) >= 11 is 1.71. The minimum absolute atomic E-state index is 0.0481. The lowest BCUT2D eigenvalue weighted by atomic mass is 10.1. The maximum Gasteiger partial charge on any atom is 0.215 e. The van der Waals surface area contributed by atoms with Crippen LogP contribution in [0.2, 0.25) is 0 Å². The fourth-order valence-corrected chi connectivity index (χ4v) is 3.89. The molecule has 0 fully saturated rings. The number of hydrogen-bond donors (Lipinski definition) is 1. The van der Waals surface area contributed by atoms with E-state index in [2.05, 4.69) is 0 Å². The van der Waals surface area contributed by atoms with Gasteiger partial charge in [-0.2, -0.15) is 4.31 Å². The smallest absolute Gasteiger partial charge is 0.215 e. The molecule has 0 radical (unpaired) electrons. The normalized spacial score (nSPS) is 17.7. The fourth-order valence-electron chi connectivity index (χ4n) is 1.74. The second-order valence-corrected chi connectivity index (χ2v) is 6.65.